The Kier molecular flexibility index (Phi) is 7.16. The Balaban J connectivity index is 0.965. The number of hydrogen-bond acceptors (Lipinski definition) is 4. The summed E-state index contributed by atoms with van der Waals surface area (Å²) in [5.41, 5.74) is 0.885. The van der Waals surface area contributed by atoms with Gasteiger partial charge in [0.05, 0.1) is 0 Å². The Hall–Kier alpha value is -0.0301. The van der Waals surface area contributed by atoms with E-state index in [2.05, 4.69) is 61.1 Å². The van der Waals surface area contributed by atoms with E-state index in [-0.39, 0.29) is 0 Å². The molecule has 9 aliphatic heterocycles. The van der Waals surface area contributed by atoms with Gasteiger partial charge in [-0.1, -0.05) is 80.1 Å². The summed E-state index contributed by atoms with van der Waals surface area (Å²) in [4.78, 5) is 14.7. The lowest BCUT2D eigenvalue weighted by atomic mass is 9.10. The molecule has 0 aromatic rings. The zero-order chi connectivity index (χ0) is 38.9. The fourth-order valence-corrected chi connectivity index (χ4v) is 25.0. The third kappa shape index (κ3) is 4.20. The molecule has 320 valence electrons. The molecule has 24 unspecified atom stereocenters. The average molecular weight is 797 g/mol. The van der Waals surface area contributed by atoms with Crippen LogP contribution in [0.3, 0.4) is 0 Å². The summed E-state index contributed by atoms with van der Waals surface area (Å²) in [6.07, 6.45) is 30.0. The van der Waals surface area contributed by atoms with Gasteiger partial charge in [0.1, 0.15) is 0 Å². The van der Waals surface area contributed by atoms with Gasteiger partial charge in [-0.05, 0) is 177 Å². The van der Waals surface area contributed by atoms with E-state index in [1.165, 1.54) is 12.8 Å². The van der Waals surface area contributed by atoms with Crippen molar-refractivity contribution in [1.29, 1.82) is 0 Å². The molecule has 0 N–H and O–H groups in total. The van der Waals surface area contributed by atoms with E-state index in [0.717, 1.165) is 168 Å². The monoisotopic (exact) mass is 797 g/mol. The highest BCUT2D eigenvalue weighted by Gasteiger charge is 2.82. The van der Waals surface area contributed by atoms with E-state index in [1.54, 1.807) is 109 Å². The zero-order valence-corrected chi connectivity index (χ0v) is 38.4. The van der Waals surface area contributed by atoms with Crippen LogP contribution in [0, 0.1) is 58.2 Å². The fraction of sp³-hybridized carbons (Fsp3) is 1.00. The molecule has 59 heavy (non-hydrogen) atoms. The largest absolute Gasteiger partial charge is 0.292 e. The molecule has 0 amide bonds. The van der Waals surface area contributed by atoms with Crippen LogP contribution in [-0.4, -0.2) is 106 Å². The molecule has 9 saturated heterocycles. The van der Waals surface area contributed by atoms with Gasteiger partial charge in [-0.15, -0.1) is 0 Å². The molecule has 7 aliphatic carbocycles. The Morgan fingerprint density at radius 2 is 0.729 bits per heavy atom. The quantitative estimate of drug-likeness (QED) is 0.226. The topological polar surface area (TPSA) is 13.0 Å². The molecule has 16 rings (SSSR count). The normalized spacial score (nSPS) is 62.1. The Bertz CT molecular complexity index is 1670. The van der Waals surface area contributed by atoms with E-state index in [0.29, 0.717) is 10.8 Å². The van der Waals surface area contributed by atoms with Gasteiger partial charge in [0.2, 0.25) is 0 Å². The van der Waals surface area contributed by atoms with Crippen LogP contribution >= 0.6 is 0 Å². The number of piperazine rings is 2. The standard InChI is InChI=1S/C53H82B2N4/c1-52(2,3)32-17-19-36-34(24-32)54-35-25-33(53(4,5)6)18-20-37(35)57-39-12-8-10-29-23-31-16-14-27-21-26-13-15-30-22-28-9-7-11-38-44(28)58-46(30)40(26)55-41(27)47(31)59(45(29)39)51-43(55)50(58)48(56(36)38)42(54)49(51)57/h26-51H,7-25H2,1-6H3. The molecule has 24 atom stereocenters. The maximum absolute atomic E-state index is 3.70. The lowest BCUT2D eigenvalue weighted by Gasteiger charge is -2.86. The van der Waals surface area contributed by atoms with Crippen LogP contribution in [0.25, 0.3) is 0 Å². The lowest BCUT2D eigenvalue weighted by Crippen LogP contribution is -2.94. The van der Waals surface area contributed by atoms with Gasteiger partial charge in [-0.2, -0.15) is 0 Å². The summed E-state index contributed by atoms with van der Waals surface area (Å²) >= 11 is 0. The first kappa shape index (κ1) is 36.2. The summed E-state index contributed by atoms with van der Waals surface area (Å²) in [6.45, 7) is 18.0. The highest BCUT2D eigenvalue weighted by Crippen LogP contribution is 2.78. The van der Waals surface area contributed by atoms with Crippen LogP contribution in [0.5, 0.6) is 0 Å². The van der Waals surface area contributed by atoms with E-state index in [1.807, 2.05) is 0 Å². The summed E-state index contributed by atoms with van der Waals surface area (Å²) in [6, 6.07) is 10.8. The van der Waals surface area contributed by atoms with Gasteiger partial charge in [-0.3, -0.25) is 19.6 Å². The molecule has 0 spiro atoms. The van der Waals surface area contributed by atoms with Crippen LogP contribution in [-0.2, 0) is 0 Å². The van der Waals surface area contributed by atoms with E-state index in [9.17, 15) is 0 Å². The van der Waals surface area contributed by atoms with Crippen LogP contribution in [0.1, 0.15) is 164 Å². The highest BCUT2D eigenvalue weighted by molar-refractivity contribution is 6.67. The highest BCUT2D eigenvalue weighted by atomic mass is 15.5. The molecule has 0 aromatic carbocycles. The zero-order valence-electron chi connectivity index (χ0n) is 38.4. The molecule has 7 saturated carbocycles. The molecule has 0 bridgehead atoms. The van der Waals surface area contributed by atoms with E-state index >= 15 is 0 Å². The van der Waals surface area contributed by atoms with Crippen molar-refractivity contribution in [2.24, 2.45) is 58.2 Å². The number of rotatable bonds is 0. The van der Waals surface area contributed by atoms with Gasteiger partial charge < -0.3 is 0 Å². The van der Waals surface area contributed by atoms with Crippen LogP contribution in [0.2, 0.25) is 34.9 Å². The molecule has 16 fully saturated rings. The molecule has 6 heteroatoms. The number of piperidine rings is 2. The van der Waals surface area contributed by atoms with E-state index < -0.39 is 0 Å². The molecular formula is C53H82B2N4. The molecule has 0 radical (unpaired) electrons. The van der Waals surface area contributed by atoms with Gasteiger partial charge >= 0.3 is 0 Å². The predicted molar refractivity (Wildman–Crippen MR) is 241 cm³/mol. The summed E-state index contributed by atoms with van der Waals surface area (Å²) < 4.78 is 0. The van der Waals surface area contributed by atoms with Gasteiger partial charge in [0.15, 0.2) is 13.4 Å². The molecule has 16 aliphatic rings. The molecule has 9 heterocycles. The van der Waals surface area contributed by atoms with Gasteiger partial charge in [-0.25, -0.2) is 0 Å². The fourth-order valence-electron chi connectivity index (χ4n) is 25.0. The summed E-state index contributed by atoms with van der Waals surface area (Å²) in [5.74, 6) is 14.0. The second-order valence-electron chi connectivity index (χ2n) is 28.8. The van der Waals surface area contributed by atoms with Crippen molar-refractivity contribution in [3.8, 4) is 0 Å². The first-order valence-corrected chi connectivity index (χ1v) is 27.7. The minimum absolute atomic E-state index is 0.442. The van der Waals surface area contributed by atoms with Gasteiger partial charge in [0.25, 0.3) is 0 Å². The van der Waals surface area contributed by atoms with Crippen molar-refractivity contribution in [3.05, 3.63) is 0 Å². The van der Waals surface area contributed by atoms with Crippen LogP contribution in [0.4, 0.5) is 0 Å². The maximum Gasteiger partial charge on any atom is 0.157 e. The minimum Gasteiger partial charge on any atom is -0.292 e. The SMILES string of the molecule is CC(C)(C)C1CCC2C(C1)B1C3CC(C(C)(C)C)CCC3N3C4CCCC5CC6CCC7CC8CCC9CC%10CCCC%11C%10N%10C9C8B8C7C6N(C54)C4C8C%10C(C1C43)N2%11. The van der Waals surface area contributed by atoms with Crippen LogP contribution < -0.4 is 0 Å². The van der Waals surface area contributed by atoms with Crippen molar-refractivity contribution in [3.63, 3.8) is 0 Å². The van der Waals surface area contributed by atoms with Crippen LogP contribution in [0.15, 0.2) is 0 Å². The number of nitrogens with zero attached hydrogens (tertiary/aromatic N) is 4. The van der Waals surface area contributed by atoms with Crippen molar-refractivity contribution in [2.45, 2.75) is 271 Å². The Morgan fingerprint density at radius 3 is 1.20 bits per heavy atom. The third-order valence-corrected chi connectivity index (χ3v) is 25.9. The molecule has 0 aromatic heterocycles. The average Bonchev–Trinajstić information content (AvgIpc) is 3.23. The summed E-state index contributed by atoms with van der Waals surface area (Å²) in [5, 5.41) is 0. The maximum atomic E-state index is 3.70. The number of hydrogen-bond donors (Lipinski definition) is 0. The lowest BCUT2D eigenvalue weighted by molar-refractivity contribution is -0.254. The van der Waals surface area contributed by atoms with Gasteiger partial charge in [0, 0.05) is 72.5 Å². The van der Waals surface area contributed by atoms with Crippen molar-refractivity contribution < 1.29 is 0 Å². The van der Waals surface area contributed by atoms with Crippen molar-refractivity contribution in [1.82, 2.24) is 19.6 Å². The number of fused-ring (bicyclic) bond motifs is 8. The minimum atomic E-state index is 0.442. The smallest absolute Gasteiger partial charge is 0.157 e. The Morgan fingerprint density at radius 1 is 0.322 bits per heavy atom. The second kappa shape index (κ2) is 11.7. The molecule has 4 nitrogen and oxygen atoms in total. The first-order chi connectivity index (χ1) is 28.6. The Labute approximate surface area is 360 Å². The second-order valence-corrected chi connectivity index (χ2v) is 28.8. The van der Waals surface area contributed by atoms with Crippen molar-refractivity contribution in [2.75, 3.05) is 0 Å². The predicted octanol–water partition coefficient (Wildman–Crippen LogP) is 10.5. The molecular weight excluding hydrogens is 714 g/mol. The third-order valence-electron chi connectivity index (χ3n) is 25.9. The van der Waals surface area contributed by atoms with Crippen molar-refractivity contribution >= 4 is 13.4 Å². The first-order valence-electron chi connectivity index (χ1n) is 27.7. The van der Waals surface area contributed by atoms with E-state index in [4.69, 9.17) is 0 Å². The summed E-state index contributed by atoms with van der Waals surface area (Å²) in [7, 11) is 0.